The molecule has 5 unspecified atom stereocenters. The maximum absolute atomic E-state index is 12.1. The number of terminal acetylenes is 1. The minimum absolute atomic E-state index is 0.00772. The predicted octanol–water partition coefficient (Wildman–Crippen LogP) is 0.639. The van der Waals surface area contributed by atoms with Crippen LogP contribution in [0.4, 0.5) is 0 Å². The Morgan fingerprint density at radius 1 is 1.39 bits per heavy atom. The van der Waals surface area contributed by atoms with Crippen molar-refractivity contribution in [3.05, 3.63) is 0 Å². The normalized spacial score (nSPS) is 32.6. The Morgan fingerprint density at radius 2 is 2.00 bits per heavy atom. The van der Waals surface area contributed by atoms with Crippen molar-refractivity contribution in [1.29, 1.82) is 0 Å². The molecule has 0 spiro atoms. The quantitative estimate of drug-likeness (QED) is 0.721. The molecular formula is C13H19NO4. The first-order valence-electron chi connectivity index (χ1n) is 6.00. The number of carboxylic acids is 1. The highest BCUT2D eigenvalue weighted by molar-refractivity contribution is 5.85. The summed E-state index contributed by atoms with van der Waals surface area (Å²) in [4.78, 5) is 23.0. The molecule has 1 heterocycles. The van der Waals surface area contributed by atoms with Gasteiger partial charge in [-0.3, -0.25) is 4.79 Å². The summed E-state index contributed by atoms with van der Waals surface area (Å²) in [5, 5.41) is 11.4. The lowest BCUT2D eigenvalue weighted by Crippen LogP contribution is -2.46. The summed E-state index contributed by atoms with van der Waals surface area (Å²) in [5.41, 5.74) is 0. The van der Waals surface area contributed by atoms with Gasteiger partial charge >= 0.3 is 5.97 Å². The van der Waals surface area contributed by atoms with Gasteiger partial charge in [0.15, 0.2) is 0 Å². The number of rotatable bonds is 4. The van der Waals surface area contributed by atoms with E-state index in [1.165, 1.54) is 0 Å². The third-order valence-corrected chi connectivity index (χ3v) is 3.48. The van der Waals surface area contributed by atoms with Crippen LogP contribution in [-0.2, 0) is 14.3 Å². The highest BCUT2D eigenvalue weighted by atomic mass is 16.5. The minimum atomic E-state index is -1.12. The van der Waals surface area contributed by atoms with E-state index >= 15 is 0 Å². The number of aliphatic carboxylic acids is 1. The largest absolute Gasteiger partial charge is 0.480 e. The van der Waals surface area contributed by atoms with Crippen LogP contribution in [0.3, 0.4) is 0 Å². The molecule has 5 atom stereocenters. The van der Waals surface area contributed by atoms with Crippen molar-refractivity contribution in [3.63, 3.8) is 0 Å². The first-order chi connectivity index (χ1) is 8.38. The van der Waals surface area contributed by atoms with E-state index in [9.17, 15) is 9.59 Å². The highest BCUT2D eigenvalue weighted by Crippen LogP contribution is 2.32. The summed E-state index contributed by atoms with van der Waals surface area (Å²) < 4.78 is 5.56. The molecule has 2 N–H and O–H groups in total. The van der Waals surface area contributed by atoms with Crippen LogP contribution >= 0.6 is 0 Å². The van der Waals surface area contributed by atoms with Gasteiger partial charge in [-0.15, -0.1) is 12.3 Å². The second-order valence-electron chi connectivity index (χ2n) is 4.74. The molecule has 5 heteroatoms. The predicted molar refractivity (Wildman–Crippen MR) is 65.7 cm³/mol. The van der Waals surface area contributed by atoms with Gasteiger partial charge in [-0.05, 0) is 19.8 Å². The van der Waals surface area contributed by atoms with Crippen molar-refractivity contribution < 1.29 is 19.4 Å². The zero-order valence-corrected chi connectivity index (χ0v) is 10.8. The molecule has 100 valence electrons. The van der Waals surface area contributed by atoms with Gasteiger partial charge in [-0.2, -0.15) is 0 Å². The molecule has 0 aromatic rings. The maximum atomic E-state index is 12.1. The number of hydrogen-bond acceptors (Lipinski definition) is 3. The van der Waals surface area contributed by atoms with Crippen LogP contribution in [0.2, 0.25) is 0 Å². The van der Waals surface area contributed by atoms with Crippen LogP contribution in [0.1, 0.15) is 27.2 Å². The summed E-state index contributed by atoms with van der Waals surface area (Å²) in [7, 11) is 0. The van der Waals surface area contributed by atoms with E-state index in [0.29, 0.717) is 0 Å². The van der Waals surface area contributed by atoms with E-state index in [2.05, 4.69) is 11.2 Å². The first-order valence-corrected chi connectivity index (χ1v) is 6.00. The molecule has 0 aromatic heterocycles. The first kappa shape index (κ1) is 14.5. The maximum Gasteiger partial charge on any atom is 0.327 e. The fraction of sp³-hybridized carbons (Fsp3) is 0.692. The van der Waals surface area contributed by atoms with Crippen molar-refractivity contribution in [1.82, 2.24) is 5.32 Å². The number of carbonyl (C=O) groups excluding carboxylic acids is 1. The number of amides is 1. The zero-order chi connectivity index (χ0) is 13.9. The Kier molecular flexibility index (Phi) is 4.74. The summed E-state index contributed by atoms with van der Waals surface area (Å²) in [6.45, 7) is 5.65. The van der Waals surface area contributed by atoms with Gasteiger partial charge in [0.05, 0.1) is 18.1 Å². The fourth-order valence-electron chi connectivity index (χ4n) is 2.30. The minimum Gasteiger partial charge on any atom is -0.480 e. The standard InChI is InChI=1S/C13H19NO4/c1-5-6-10(13(16)17)14-12(15)11-7(2)8(3)18-9(11)4/h1,7-11H,6H2,2-4H3,(H,14,15)(H,16,17). The second-order valence-corrected chi connectivity index (χ2v) is 4.74. The Hall–Kier alpha value is -1.54. The molecule has 0 saturated carbocycles. The van der Waals surface area contributed by atoms with Crippen LogP contribution in [0, 0.1) is 24.2 Å². The molecule has 1 aliphatic heterocycles. The fourth-order valence-corrected chi connectivity index (χ4v) is 2.30. The summed E-state index contributed by atoms with van der Waals surface area (Å²) >= 11 is 0. The van der Waals surface area contributed by atoms with E-state index in [-0.39, 0.29) is 36.4 Å². The molecule has 1 aliphatic rings. The average molecular weight is 253 g/mol. The summed E-state index contributed by atoms with van der Waals surface area (Å²) in [5.74, 6) is 0.551. The zero-order valence-electron chi connectivity index (χ0n) is 10.8. The van der Waals surface area contributed by atoms with Gasteiger partial charge in [0.1, 0.15) is 6.04 Å². The highest BCUT2D eigenvalue weighted by Gasteiger charge is 2.42. The van der Waals surface area contributed by atoms with Crippen LogP contribution in [0.25, 0.3) is 0 Å². The molecule has 1 amide bonds. The number of nitrogens with one attached hydrogen (secondary N) is 1. The van der Waals surface area contributed by atoms with E-state index < -0.39 is 12.0 Å². The van der Waals surface area contributed by atoms with E-state index in [1.54, 1.807) is 0 Å². The van der Waals surface area contributed by atoms with Gasteiger partial charge < -0.3 is 15.2 Å². The number of carboxylic acid groups (broad SMARTS) is 1. The second kappa shape index (κ2) is 5.87. The van der Waals surface area contributed by atoms with Crippen LogP contribution in [-0.4, -0.2) is 35.2 Å². The Balaban J connectivity index is 2.70. The summed E-state index contributed by atoms with van der Waals surface area (Å²) in [6.07, 6.45) is 4.84. The van der Waals surface area contributed by atoms with Crippen LogP contribution in [0.5, 0.6) is 0 Å². The molecule has 0 bridgehead atoms. The van der Waals surface area contributed by atoms with Crippen molar-refractivity contribution in [2.24, 2.45) is 11.8 Å². The lowest BCUT2D eigenvalue weighted by molar-refractivity contribution is -0.142. The molecule has 0 radical (unpaired) electrons. The third kappa shape index (κ3) is 3.02. The molecule has 18 heavy (non-hydrogen) atoms. The monoisotopic (exact) mass is 253 g/mol. The lowest BCUT2D eigenvalue weighted by atomic mass is 9.88. The van der Waals surface area contributed by atoms with Crippen LogP contribution in [0.15, 0.2) is 0 Å². The molecule has 1 saturated heterocycles. The van der Waals surface area contributed by atoms with Crippen molar-refractivity contribution in [3.8, 4) is 12.3 Å². The number of hydrogen-bond donors (Lipinski definition) is 2. The molecule has 1 rings (SSSR count). The van der Waals surface area contributed by atoms with E-state index in [1.807, 2.05) is 20.8 Å². The van der Waals surface area contributed by atoms with Crippen LogP contribution < -0.4 is 5.32 Å². The van der Waals surface area contributed by atoms with Crippen molar-refractivity contribution >= 4 is 11.9 Å². The molecular weight excluding hydrogens is 234 g/mol. The smallest absolute Gasteiger partial charge is 0.327 e. The van der Waals surface area contributed by atoms with E-state index in [0.717, 1.165) is 0 Å². The van der Waals surface area contributed by atoms with Gasteiger partial charge in [-0.25, -0.2) is 4.79 Å². The third-order valence-electron chi connectivity index (χ3n) is 3.48. The van der Waals surface area contributed by atoms with Crippen molar-refractivity contribution in [2.45, 2.75) is 45.4 Å². The summed E-state index contributed by atoms with van der Waals surface area (Å²) in [6, 6.07) is -1.03. The molecule has 0 aliphatic carbocycles. The SMILES string of the molecule is C#CCC(NC(=O)C1C(C)OC(C)C1C)C(=O)O. The van der Waals surface area contributed by atoms with Crippen molar-refractivity contribution in [2.75, 3.05) is 0 Å². The van der Waals surface area contributed by atoms with Gasteiger partial charge in [0.2, 0.25) is 5.91 Å². The molecule has 1 fully saturated rings. The average Bonchev–Trinajstić information content (AvgIpc) is 2.52. The Labute approximate surface area is 107 Å². The Morgan fingerprint density at radius 3 is 2.39 bits per heavy atom. The van der Waals surface area contributed by atoms with E-state index in [4.69, 9.17) is 16.3 Å². The van der Waals surface area contributed by atoms with Gasteiger partial charge in [0.25, 0.3) is 0 Å². The van der Waals surface area contributed by atoms with Gasteiger partial charge in [-0.1, -0.05) is 6.92 Å². The molecule has 5 nitrogen and oxygen atoms in total. The topological polar surface area (TPSA) is 75.6 Å². The molecule has 0 aromatic carbocycles. The van der Waals surface area contributed by atoms with Gasteiger partial charge in [0, 0.05) is 6.42 Å². The Bertz CT molecular complexity index is 374. The number of carbonyl (C=O) groups is 2. The number of ether oxygens (including phenoxy) is 1. The lowest BCUT2D eigenvalue weighted by Gasteiger charge is -2.20.